The Hall–Kier alpha value is -3.58. The summed E-state index contributed by atoms with van der Waals surface area (Å²) < 4.78 is 68.3. The molecule has 9 nitrogen and oxygen atoms in total. The molecular formula is C20H17F3N6O3S. The molecule has 4 aromatic rings. The van der Waals surface area contributed by atoms with Gasteiger partial charge in [0.1, 0.15) is 0 Å². The molecule has 0 aliphatic carbocycles. The second-order valence-corrected chi connectivity index (χ2v) is 8.72. The molecule has 0 atom stereocenters. The van der Waals surface area contributed by atoms with Crippen LogP contribution < -0.4 is 5.14 Å². The van der Waals surface area contributed by atoms with Gasteiger partial charge < -0.3 is 4.52 Å². The fourth-order valence-corrected chi connectivity index (χ4v) is 3.75. The molecule has 3 heterocycles. The zero-order valence-corrected chi connectivity index (χ0v) is 17.9. The number of nitrogens with zero attached hydrogens (tertiary/aromatic N) is 5. The second-order valence-electron chi connectivity index (χ2n) is 7.16. The van der Waals surface area contributed by atoms with Crippen LogP contribution in [0.15, 0.2) is 58.2 Å². The summed E-state index contributed by atoms with van der Waals surface area (Å²) in [5, 5.41) is 13.3. The summed E-state index contributed by atoms with van der Waals surface area (Å²) >= 11 is 0. The average Bonchev–Trinajstić information content (AvgIpc) is 3.38. The van der Waals surface area contributed by atoms with E-state index < -0.39 is 21.8 Å². The number of benzene rings is 1. The van der Waals surface area contributed by atoms with E-state index in [1.54, 1.807) is 17.8 Å². The van der Waals surface area contributed by atoms with Crippen LogP contribution in [0.5, 0.6) is 0 Å². The van der Waals surface area contributed by atoms with Crippen LogP contribution >= 0.6 is 0 Å². The molecule has 0 saturated carbocycles. The number of halogens is 3. The Bertz CT molecular complexity index is 1400. The van der Waals surface area contributed by atoms with Crippen molar-refractivity contribution < 1.29 is 26.1 Å². The number of alkyl halides is 3. The van der Waals surface area contributed by atoms with Crippen LogP contribution in [0.3, 0.4) is 0 Å². The molecule has 4 rings (SSSR count). The molecule has 0 fully saturated rings. The summed E-state index contributed by atoms with van der Waals surface area (Å²) in [7, 11) is -2.18. The number of hydrogen-bond acceptors (Lipinski definition) is 7. The Labute approximate surface area is 186 Å². The van der Waals surface area contributed by atoms with Gasteiger partial charge in [-0.25, -0.2) is 13.6 Å². The average molecular weight is 478 g/mol. The number of aryl methyl sites for hydroxylation is 2. The van der Waals surface area contributed by atoms with E-state index in [9.17, 15) is 21.6 Å². The van der Waals surface area contributed by atoms with Crippen molar-refractivity contribution in [2.45, 2.75) is 23.9 Å². The lowest BCUT2D eigenvalue weighted by Crippen LogP contribution is -2.11. The molecule has 0 aliphatic rings. The molecule has 33 heavy (non-hydrogen) atoms. The van der Waals surface area contributed by atoms with Gasteiger partial charge in [-0.1, -0.05) is 17.3 Å². The quantitative estimate of drug-likeness (QED) is 0.451. The zero-order chi connectivity index (χ0) is 23.8. The number of pyridine rings is 1. The van der Waals surface area contributed by atoms with Gasteiger partial charge in [-0.05, 0) is 37.1 Å². The molecule has 172 valence electrons. The smallest absolute Gasteiger partial charge is 0.333 e. The number of hydrogen-bond donors (Lipinski definition) is 1. The molecule has 0 unspecified atom stereocenters. The monoisotopic (exact) mass is 478 g/mol. The number of sulfonamides is 1. The molecular weight excluding hydrogens is 461 g/mol. The van der Waals surface area contributed by atoms with Gasteiger partial charge >= 0.3 is 6.18 Å². The van der Waals surface area contributed by atoms with Crippen LogP contribution in [0.1, 0.15) is 17.0 Å². The molecule has 0 bridgehead atoms. The van der Waals surface area contributed by atoms with Gasteiger partial charge in [0, 0.05) is 24.5 Å². The second kappa shape index (κ2) is 8.41. The highest BCUT2D eigenvalue weighted by Crippen LogP contribution is 2.29. The largest absolute Gasteiger partial charge is 0.417 e. The maximum atomic E-state index is 12.7. The van der Waals surface area contributed by atoms with Gasteiger partial charge in [-0.3, -0.25) is 9.67 Å². The van der Waals surface area contributed by atoms with Gasteiger partial charge in [0.25, 0.3) is 5.89 Å². The highest BCUT2D eigenvalue weighted by Gasteiger charge is 2.30. The van der Waals surface area contributed by atoms with Crippen LogP contribution in [0, 0.1) is 0 Å². The van der Waals surface area contributed by atoms with Crippen LogP contribution in [-0.4, -0.2) is 33.3 Å². The van der Waals surface area contributed by atoms with Crippen molar-refractivity contribution >= 4 is 10.0 Å². The van der Waals surface area contributed by atoms with E-state index in [-0.39, 0.29) is 16.6 Å². The van der Waals surface area contributed by atoms with E-state index in [2.05, 4.69) is 20.2 Å². The molecule has 0 spiro atoms. The Morgan fingerprint density at radius 2 is 1.91 bits per heavy atom. The van der Waals surface area contributed by atoms with E-state index in [1.165, 1.54) is 30.5 Å². The first-order chi connectivity index (χ1) is 15.5. The SMILES string of the molecule is Cn1ncc(-c2nc(-c3cccc(S(N)(=O)=O)c3)no2)c1CCc1ccc(C(F)(F)F)cn1. The summed E-state index contributed by atoms with van der Waals surface area (Å²) in [4.78, 5) is 8.14. The summed E-state index contributed by atoms with van der Waals surface area (Å²) in [6, 6.07) is 8.15. The van der Waals surface area contributed by atoms with Crippen LogP contribution in [0.4, 0.5) is 13.2 Å². The van der Waals surface area contributed by atoms with Crippen molar-refractivity contribution in [1.29, 1.82) is 0 Å². The summed E-state index contributed by atoms with van der Waals surface area (Å²) in [5.41, 5.74) is 1.34. The van der Waals surface area contributed by atoms with Crippen molar-refractivity contribution in [3.05, 3.63) is 65.7 Å². The number of nitrogens with two attached hydrogens (primary N) is 1. The maximum absolute atomic E-state index is 12.7. The third-order valence-electron chi connectivity index (χ3n) is 4.91. The first-order valence-corrected chi connectivity index (χ1v) is 11.1. The molecule has 3 aromatic heterocycles. The fourth-order valence-electron chi connectivity index (χ4n) is 3.19. The fraction of sp³-hybridized carbons (Fsp3) is 0.200. The molecule has 0 saturated heterocycles. The molecule has 0 aliphatic heterocycles. The van der Waals surface area contributed by atoms with Gasteiger partial charge in [0.15, 0.2) is 0 Å². The first kappa shape index (κ1) is 22.6. The Morgan fingerprint density at radius 1 is 1.12 bits per heavy atom. The Morgan fingerprint density at radius 3 is 2.58 bits per heavy atom. The predicted molar refractivity (Wildman–Crippen MR) is 110 cm³/mol. The summed E-state index contributed by atoms with van der Waals surface area (Å²) in [6.07, 6.45) is -1.33. The van der Waals surface area contributed by atoms with E-state index in [1.807, 2.05) is 0 Å². The minimum absolute atomic E-state index is 0.0857. The van der Waals surface area contributed by atoms with Crippen molar-refractivity contribution in [2.75, 3.05) is 0 Å². The van der Waals surface area contributed by atoms with Gasteiger partial charge in [-0.2, -0.15) is 23.3 Å². The topological polar surface area (TPSA) is 130 Å². The highest BCUT2D eigenvalue weighted by atomic mass is 32.2. The van der Waals surface area contributed by atoms with Crippen LogP contribution in [0.25, 0.3) is 22.8 Å². The van der Waals surface area contributed by atoms with Crippen molar-refractivity contribution in [2.24, 2.45) is 12.2 Å². The number of aromatic nitrogens is 5. The van der Waals surface area contributed by atoms with E-state index >= 15 is 0 Å². The zero-order valence-electron chi connectivity index (χ0n) is 17.1. The summed E-state index contributed by atoms with van der Waals surface area (Å²) in [5.74, 6) is 0.323. The molecule has 0 amide bonds. The van der Waals surface area contributed by atoms with E-state index in [4.69, 9.17) is 9.66 Å². The van der Waals surface area contributed by atoms with Crippen molar-refractivity contribution in [3.8, 4) is 22.8 Å². The predicted octanol–water partition coefficient (Wildman–Crippen LogP) is 2.98. The van der Waals surface area contributed by atoms with Gasteiger partial charge in [0.2, 0.25) is 15.8 Å². The lowest BCUT2D eigenvalue weighted by atomic mass is 10.1. The Balaban J connectivity index is 1.56. The lowest BCUT2D eigenvalue weighted by Gasteiger charge is -2.07. The normalized spacial score (nSPS) is 12.3. The van der Waals surface area contributed by atoms with Crippen molar-refractivity contribution in [3.63, 3.8) is 0 Å². The lowest BCUT2D eigenvalue weighted by molar-refractivity contribution is -0.137. The first-order valence-electron chi connectivity index (χ1n) is 9.52. The molecule has 2 N–H and O–H groups in total. The molecule has 1 aromatic carbocycles. The summed E-state index contributed by atoms with van der Waals surface area (Å²) in [6.45, 7) is 0. The van der Waals surface area contributed by atoms with Gasteiger partial charge in [-0.15, -0.1) is 0 Å². The van der Waals surface area contributed by atoms with Gasteiger partial charge in [0.05, 0.1) is 27.9 Å². The van der Waals surface area contributed by atoms with Crippen LogP contribution in [-0.2, 0) is 36.1 Å². The standard InChI is InChI=1S/C20H17F3N6O3S/c1-29-17(8-7-14-6-5-13(10-25-14)20(21,22)23)16(11-26-29)19-27-18(28-32-19)12-3-2-4-15(9-12)33(24,30)31/h2-6,9-11H,7-8H2,1H3,(H2,24,30,31). The molecule has 13 heteroatoms. The minimum Gasteiger partial charge on any atom is -0.333 e. The van der Waals surface area contributed by atoms with Crippen LogP contribution in [0.2, 0.25) is 0 Å². The third-order valence-corrected chi connectivity index (χ3v) is 5.82. The number of rotatable bonds is 6. The van der Waals surface area contributed by atoms with Crippen molar-refractivity contribution in [1.82, 2.24) is 24.9 Å². The number of primary sulfonamides is 1. The minimum atomic E-state index is -4.44. The maximum Gasteiger partial charge on any atom is 0.417 e. The van der Waals surface area contributed by atoms with E-state index in [0.29, 0.717) is 35.4 Å². The molecule has 0 radical (unpaired) electrons. The highest BCUT2D eigenvalue weighted by molar-refractivity contribution is 7.89. The Kier molecular flexibility index (Phi) is 5.76. The third kappa shape index (κ3) is 4.93. The van der Waals surface area contributed by atoms with E-state index in [0.717, 1.165) is 12.3 Å².